The molecule has 0 spiro atoms. The maximum atomic E-state index is 5.88. The van der Waals surface area contributed by atoms with E-state index in [0.29, 0.717) is 6.61 Å². The zero-order valence-electron chi connectivity index (χ0n) is 9.55. The number of hydrogen-bond acceptors (Lipinski definition) is 3. The minimum atomic E-state index is 0.716. The van der Waals surface area contributed by atoms with Crippen molar-refractivity contribution in [1.82, 2.24) is 0 Å². The molecule has 0 fully saturated rings. The molecular formula is C12H20N2O. The van der Waals surface area contributed by atoms with Crippen molar-refractivity contribution in [3.63, 3.8) is 0 Å². The molecule has 0 radical (unpaired) electrons. The number of hydrogen-bond donors (Lipinski definition) is 2. The fraction of sp³-hybridized carbons (Fsp3) is 0.500. The third kappa shape index (κ3) is 3.80. The number of ether oxygens (including phenoxy) is 1. The van der Waals surface area contributed by atoms with E-state index in [4.69, 9.17) is 10.5 Å². The number of methoxy groups -OCH3 is 1. The minimum Gasteiger partial charge on any atom is -0.399 e. The van der Waals surface area contributed by atoms with Gasteiger partial charge in [0.1, 0.15) is 0 Å². The zero-order chi connectivity index (χ0) is 11.1. The van der Waals surface area contributed by atoms with Gasteiger partial charge in [0, 0.05) is 25.0 Å². The van der Waals surface area contributed by atoms with Crippen LogP contribution < -0.4 is 11.1 Å². The number of nitrogens with two attached hydrogens (primary N) is 1. The Bertz CT molecular complexity index is 300. The number of anilines is 2. The molecule has 15 heavy (non-hydrogen) atoms. The Labute approximate surface area is 91.6 Å². The van der Waals surface area contributed by atoms with Crippen LogP contribution >= 0.6 is 0 Å². The van der Waals surface area contributed by atoms with Crippen LogP contribution in [-0.2, 0) is 11.2 Å². The predicted octanol–water partition coefficient (Wildman–Crippen LogP) is 2.28. The topological polar surface area (TPSA) is 47.3 Å². The number of nitrogens with one attached hydrogen (secondary N) is 1. The lowest BCUT2D eigenvalue weighted by atomic mass is 10.1. The molecule has 0 amide bonds. The first kappa shape index (κ1) is 11.9. The molecule has 0 saturated heterocycles. The largest absolute Gasteiger partial charge is 0.399 e. The maximum absolute atomic E-state index is 5.88. The molecule has 3 nitrogen and oxygen atoms in total. The molecule has 3 N–H and O–H groups in total. The molecule has 0 aliphatic rings. The summed E-state index contributed by atoms with van der Waals surface area (Å²) in [5, 5.41) is 3.29. The monoisotopic (exact) mass is 208 g/mol. The molecule has 0 unspecified atom stereocenters. The maximum Gasteiger partial charge on any atom is 0.0635 e. The van der Waals surface area contributed by atoms with Gasteiger partial charge in [-0.25, -0.2) is 0 Å². The normalized spacial score (nSPS) is 10.3. The Hall–Kier alpha value is -1.22. The number of rotatable bonds is 6. The third-order valence-electron chi connectivity index (χ3n) is 2.30. The van der Waals surface area contributed by atoms with E-state index in [9.17, 15) is 0 Å². The van der Waals surface area contributed by atoms with Gasteiger partial charge >= 0.3 is 0 Å². The number of aryl methyl sites for hydroxylation is 1. The highest BCUT2D eigenvalue weighted by Gasteiger charge is 1.99. The fourth-order valence-corrected chi connectivity index (χ4v) is 1.50. The van der Waals surface area contributed by atoms with Crippen molar-refractivity contribution in [3.05, 3.63) is 23.8 Å². The quantitative estimate of drug-likeness (QED) is 0.557. The third-order valence-corrected chi connectivity index (χ3v) is 2.30. The smallest absolute Gasteiger partial charge is 0.0635 e. The van der Waals surface area contributed by atoms with Crippen LogP contribution in [0.1, 0.15) is 18.9 Å². The second kappa shape index (κ2) is 6.30. The highest BCUT2D eigenvalue weighted by molar-refractivity contribution is 5.57. The zero-order valence-corrected chi connectivity index (χ0v) is 9.55. The standard InChI is InChI=1S/C12H20N2O/c1-3-4-10-9-11(5-6-12(10)13)14-7-8-15-2/h5-6,9,14H,3-4,7-8,13H2,1-2H3. The van der Waals surface area contributed by atoms with Crippen molar-refractivity contribution < 1.29 is 4.74 Å². The van der Waals surface area contributed by atoms with E-state index in [1.807, 2.05) is 12.1 Å². The summed E-state index contributed by atoms with van der Waals surface area (Å²) in [5.74, 6) is 0. The average molecular weight is 208 g/mol. The molecule has 0 heterocycles. The predicted molar refractivity (Wildman–Crippen MR) is 65.2 cm³/mol. The van der Waals surface area contributed by atoms with Crippen molar-refractivity contribution >= 4 is 11.4 Å². The molecular weight excluding hydrogens is 188 g/mol. The van der Waals surface area contributed by atoms with Gasteiger partial charge in [0.15, 0.2) is 0 Å². The van der Waals surface area contributed by atoms with Crippen molar-refractivity contribution in [2.45, 2.75) is 19.8 Å². The fourth-order valence-electron chi connectivity index (χ4n) is 1.50. The molecule has 0 atom stereocenters. The van der Waals surface area contributed by atoms with Gasteiger partial charge in [-0.1, -0.05) is 13.3 Å². The van der Waals surface area contributed by atoms with Crippen LogP contribution in [0, 0.1) is 0 Å². The minimum absolute atomic E-state index is 0.716. The summed E-state index contributed by atoms with van der Waals surface area (Å²) in [6, 6.07) is 6.08. The summed E-state index contributed by atoms with van der Waals surface area (Å²) in [7, 11) is 1.70. The molecule has 1 aromatic carbocycles. The van der Waals surface area contributed by atoms with E-state index < -0.39 is 0 Å². The van der Waals surface area contributed by atoms with Crippen molar-refractivity contribution in [1.29, 1.82) is 0 Å². The van der Waals surface area contributed by atoms with E-state index in [2.05, 4.69) is 18.3 Å². The summed E-state index contributed by atoms with van der Waals surface area (Å²) < 4.78 is 4.98. The van der Waals surface area contributed by atoms with E-state index in [1.54, 1.807) is 7.11 Å². The van der Waals surface area contributed by atoms with Gasteiger partial charge in [-0.15, -0.1) is 0 Å². The second-order valence-electron chi connectivity index (χ2n) is 3.58. The van der Waals surface area contributed by atoms with Crippen LogP contribution in [0.4, 0.5) is 11.4 Å². The highest BCUT2D eigenvalue weighted by Crippen LogP contribution is 2.19. The van der Waals surface area contributed by atoms with Crippen LogP contribution in [0.5, 0.6) is 0 Å². The summed E-state index contributed by atoms with van der Waals surface area (Å²) in [5.41, 5.74) is 9.10. The molecule has 0 aromatic heterocycles. The lowest BCUT2D eigenvalue weighted by Gasteiger charge is -2.09. The molecule has 1 rings (SSSR count). The molecule has 1 aromatic rings. The SMILES string of the molecule is CCCc1cc(NCCOC)ccc1N. The second-order valence-corrected chi connectivity index (χ2v) is 3.58. The van der Waals surface area contributed by atoms with Crippen molar-refractivity contribution in [2.75, 3.05) is 31.3 Å². The van der Waals surface area contributed by atoms with E-state index in [1.165, 1.54) is 5.56 Å². The first-order chi connectivity index (χ1) is 7.27. The summed E-state index contributed by atoms with van der Waals surface area (Å²) in [4.78, 5) is 0. The summed E-state index contributed by atoms with van der Waals surface area (Å²) >= 11 is 0. The number of nitrogen functional groups attached to an aromatic ring is 1. The van der Waals surface area contributed by atoms with Gasteiger partial charge in [0.25, 0.3) is 0 Å². The molecule has 0 bridgehead atoms. The Morgan fingerprint density at radius 2 is 2.20 bits per heavy atom. The Kier molecular flexibility index (Phi) is 4.98. The van der Waals surface area contributed by atoms with Gasteiger partial charge in [0.05, 0.1) is 6.61 Å². The van der Waals surface area contributed by atoms with Crippen LogP contribution in [0.3, 0.4) is 0 Å². The Morgan fingerprint density at radius 1 is 1.40 bits per heavy atom. The van der Waals surface area contributed by atoms with Crippen LogP contribution in [-0.4, -0.2) is 20.3 Å². The first-order valence-corrected chi connectivity index (χ1v) is 5.39. The highest BCUT2D eigenvalue weighted by atomic mass is 16.5. The van der Waals surface area contributed by atoms with E-state index in [-0.39, 0.29) is 0 Å². The van der Waals surface area contributed by atoms with Gasteiger partial charge < -0.3 is 15.8 Å². The lowest BCUT2D eigenvalue weighted by Crippen LogP contribution is -2.08. The molecule has 0 saturated carbocycles. The van der Waals surface area contributed by atoms with Crippen LogP contribution in [0.15, 0.2) is 18.2 Å². The molecule has 0 aliphatic carbocycles. The van der Waals surface area contributed by atoms with Gasteiger partial charge in [0.2, 0.25) is 0 Å². The van der Waals surface area contributed by atoms with Gasteiger partial charge in [-0.05, 0) is 30.2 Å². The summed E-state index contributed by atoms with van der Waals surface area (Å²) in [6.45, 7) is 3.70. The molecule has 3 heteroatoms. The summed E-state index contributed by atoms with van der Waals surface area (Å²) in [6.07, 6.45) is 2.15. The Balaban J connectivity index is 2.61. The van der Waals surface area contributed by atoms with Gasteiger partial charge in [-0.2, -0.15) is 0 Å². The molecule has 84 valence electrons. The van der Waals surface area contributed by atoms with E-state index in [0.717, 1.165) is 30.8 Å². The number of benzene rings is 1. The van der Waals surface area contributed by atoms with E-state index >= 15 is 0 Å². The average Bonchev–Trinajstić information content (AvgIpc) is 2.23. The van der Waals surface area contributed by atoms with Gasteiger partial charge in [-0.3, -0.25) is 0 Å². The van der Waals surface area contributed by atoms with Crippen LogP contribution in [0.25, 0.3) is 0 Å². The van der Waals surface area contributed by atoms with Crippen LogP contribution in [0.2, 0.25) is 0 Å². The van der Waals surface area contributed by atoms with Crippen molar-refractivity contribution in [3.8, 4) is 0 Å². The molecule has 0 aliphatic heterocycles. The lowest BCUT2D eigenvalue weighted by molar-refractivity contribution is 0.211. The van der Waals surface area contributed by atoms with Crippen molar-refractivity contribution in [2.24, 2.45) is 0 Å². The first-order valence-electron chi connectivity index (χ1n) is 5.39. The Morgan fingerprint density at radius 3 is 2.87 bits per heavy atom.